The highest BCUT2D eigenvalue weighted by molar-refractivity contribution is 7.81. The SMILES string of the molecule is CCOCc1ccc(C(C)(S)CC)cc1. The van der Waals surface area contributed by atoms with Gasteiger partial charge in [-0.1, -0.05) is 31.2 Å². The van der Waals surface area contributed by atoms with Gasteiger partial charge in [0.25, 0.3) is 0 Å². The van der Waals surface area contributed by atoms with Crippen molar-refractivity contribution in [1.29, 1.82) is 0 Å². The van der Waals surface area contributed by atoms with Gasteiger partial charge in [0.05, 0.1) is 6.61 Å². The van der Waals surface area contributed by atoms with Crippen molar-refractivity contribution in [2.45, 2.75) is 38.5 Å². The first-order valence-corrected chi connectivity index (χ1v) is 5.94. The van der Waals surface area contributed by atoms with Crippen LogP contribution in [0, 0.1) is 0 Å². The molecular weight excluding hydrogens is 204 g/mol. The number of ether oxygens (including phenoxy) is 1. The fourth-order valence-electron chi connectivity index (χ4n) is 1.38. The predicted molar refractivity (Wildman–Crippen MR) is 68.4 cm³/mol. The van der Waals surface area contributed by atoms with Gasteiger partial charge in [0.15, 0.2) is 0 Å². The van der Waals surface area contributed by atoms with Crippen LogP contribution >= 0.6 is 12.6 Å². The monoisotopic (exact) mass is 224 g/mol. The Morgan fingerprint density at radius 2 is 1.80 bits per heavy atom. The standard InChI is InChI=1S/C13H20OS/c1-4-13(3,15)12-8-6-11(7-9-12)10-14-5-2/h6-9,15H,4-5,10H2,1-3H3. The molecule has 0 aromatic heterocycles. The summed E-state index contributed by atoms with van der Waals surface area (Å²) < 4.78 is 5.33. The zero-order valence-corrected chi connectivity index (χ0v) is 10.7. The highest BCUT2D eigenvalue weighted by atomic mass is 32.1. The molecule has 1 nitrogen and oxygen atoms in total. The quantitative estimate of drug-likeness (QED) is 0.749. The zero-order valence-electron chi connectivity index (χ0n) is 9.79. The van der Waals surface area contributed by atoms with Crippen LogP contribution in [0.2, 0.25) is 0 Å². The fraction of sp³-hybridized carbons (Fsp3) is 0.538. The number of hydrogen-bond acceptors (Lipinski definition) is 2. The van der Waals surface area contributed by atoms with Crippen LogP contribution in [0.3, 0.4) is 0 Å². The van der Waals surface area contributed by atoms with Crippen LogP contribution in [0.1, 0.15) is 38.3 Å². The molecule has 0 heterocycles. The van der Waals surface area contributed by atoms with E-state index in [2.05, 4.69) is 50.7 Å². The first-order chi connectivity index (χ1) is 7.10. The average molecular weight is 224 g/mol. The highest BCUT2D eigenvalue weighted by Crippen LogP contribution is 2.31. The van der Waals surface area contributed by atoms with E-state index in [1.165, 1.54) is 11.1 Å². The molecule has 0 saturated carbocycles. The summed E-state index contributed by atoms with van der Waals surface area (Å²) >= 11 is 4.65. The molecule has 1 unspecified atom stereocenters. The van der Waals surface area contributed by atoms with Crippen LogP contribution in [0.25, 0.3) is 0 Å². The van der Waals surface area contributed by atoms with Gasteiger partial charge in [-0.2, -0.15) is 12.6 Å². The van der Waals surface area contributed by atoms with Gasteiger partial charge in [0.2, 0.25) is 0 Å². The summed E-state index contributed by atoms with van der Waals surface area (Å²) in [5.41, 5.74) is 2.49. The molecule has 15 heavy (non-hydrogen) atoms. The normalized spacial score (nSPS) is 14.9. The number of benzene rings is 1. The third kappa shape index (κ3) is 3.54. The van der Waals surface area contributed by atoms with Crippen LogP contribution in [-0.4, -0.2) is 6.61 Å². The molecule has 0 aliphatic carbocycles. The van der Waals surface area contributed by atoms with Crippen molar-refractivity contribution >= 4 is 12.6 Å². The van der Waals surface area contributed by atoms with E-state index in [0.717, 1.165) is 13.0 Å². The van der Waals surface area contributed by atoms with Gasteiger partial charge < -0.3 is 4.74 Å². The summed E-state index contributed by atoms with van der Waals surface area (Å²) in [5.74, 6) is 0. The summed E-state index contributed by atoms with van der Waals surface area (Å²) in [7, 11) is 0. The first kappa shape index (κ1) is 12.6. The molecule has 0 aliphatic rings. The smallest absolute Gasteiger partial charge is 0.0716 e. The van der Waals surface area contributed by atoms with E-state index >= 15 is 0 Å². The molecule has 0 spiro atoms. The van der Waals surface area contributed by atoms with Crippen molar-refractivity contribution in [3.8, 4) is 0 Å². The molecule has 0 saturated heterocycles. The lowest BCUT2D eigenvalue weighted by atomic mass is 9.96. The van der Waals surface area contributed by atoms with E-state index < -0.39 is 0 Å². The largest absolute Gasteiger partial charge is 0.377 e. The Balaban J connectivity index is 2.72. The Bertz CT molecular complexity index is 290. The average Bonchev–Trinajstić information content (AvgIpc) is 2.27. The second-order valence-corrected chi connectivity index (χ2v) is 4.95. The molecule has 0 radical (unpaired) electrons. The van der Waals surface area contributed by atoms with Gasteiger partial charge in [-0.15, -0.1) is 0 Å². The Hall–Kier alpha value is -0.470. The third-order valence-corrected chi connectivity index (χ3v) is 3.31. The van der Waals surface area contributed by atoms with E-state index in [4.69, 9.17) is 4.74 Å². The van der Waals surface area contributed by atoms with E-state index in [1.54, 1.807) is 0 Å². The van der Waals surface area contributed by atoms with Crippen LogP contribution < -0.4 is 0 Å². The maximum atomic E-state index is 5.35. The minimum Gasteiger partial charge on any atom is -0.377 e. The molecule has 1 aromatic carbocycles. The van der Waals surface area contributed by atoms with Gasteiger partial charge in [0, 0.05) is 11.4 Å². The summed E-state index contributed by atoms with van der Waals surface area (Å²) in [4.78, 5) is 0. The van der Waals surface area contributed by atoms with E-state index in [1.807, 2.05) is 6.92 Å². The van der Waals surface area contributed by atoms with E-state index in [9.17, 15) is 0 Å². The second kappa shape index (κ2) is 5.57. The lowest BCUT2D eigenvalue weighted by Gasteiger charge is -2.22. The minimum absolute atomic E-state index is 0.0237. The second-order valence-electron chi connectivity index (χ2n) is 3.96. The van der Waals surface area contributed by atoms with Crippen LogP contribution in [0.5, 0.6) is 0 Å². The lowest BCUT2D eigenvalue weighted by Crippen LogP contribution is -2.11. The van der Waals surface area contributed by atoms with Crippen molar-refractivity contribution < 1.29 is 4.74 Å². The van der Waals surface area contributed by atoms with Crippen molar-refractivity contribution in [3.63, 3.8) is 0 Å². The summed E-state index contributed by atoms with van der Waals surface area (Å²) in [6.45, 7) is 7.78. The molecule has 84 valence electrons. The third-order valence-electron chi connectivity index (χ3n) is 2.74. The summed E-state index contributed by atoms with van der Waals surface area (Å²) in [6.07, 6.45) is 1.03. The highest BCUT2D eigenvalue weighted by Gasteiger charge is 2.18. The molecule has 0 N–H and O–H groups in total. The van der Waals surface area contributed by atoms with Crippen LogP contribution in [0.15, 0.2) is 24.3 Å². The number of rotatable bonds is 5. The molecule has 1 aromatic rings. The zero-order chi connectivity index (χ0) is 11.3. The molecule has 0 fully saturated rings. The summed E-state index contributed by atoms with van der Waals surface area (Å²) in [6, 6.07) is 8.53. The fourth-order valence-corrected chi connectivity index (χ4v) is 1.53. The Morgan fingerprint density at radius 1 is 1.20 bits per heavy atom. The topological polar surface area (TPSA) is 9.23 Å². The van der Waals surface area contributed by atoms with Crippen LogP contribution in [-0.2, 0) is 16.1 Å². The molecule has 1 rings (SSSR count). The van der Waals surface area contributed by atoms with Crippen molar-refractivity contribution in [2.75, 3.05) is 6.61 Å². The Kier molecular flexibility index (Phi) is 4.68. The molecule has 0 bridgehead atoms. The maximum Gasteiger partial charge on any atom is 0.0716 e. The lowest BCUT2D eigenvalue weighted by molar-refractivity contribution is 0.134. The first-order valence-electron chi connectivity index (χ1n) is 5.49. The predicted octanol–water partition coefficient (Wildman–Crippen LogP) is 3.78. The van der Waals surface area contributed by atoms with Gasteiger partial charge >= 0.3 is 0 Å². The van der Waals surface area contributed by atoms with Gasteiger partial charge in [-0.25, -0.2) is 0 Å². The molecule has 1 atom stereocenters. The number of hydrogen-bond donors (Lipinski definition) is 1. The van der Waals surface area contributed by atoms with Gasteiger partial charge in [0.1, 0.15) is 0 Å². The van der Waals surface area contributed by atoms with Crippen molar-refractivity contribution in [3.05, 3.63) is 35.4 Å². The van der Waals surface area contributed by atoms with Crippen molar-refractivity contribution in [2.24, 2.45) is 0 Å². The van der Waals surface area contributed by atoms with Gasteiger partial charge in [-0.3, -0.25) is 0 Å². The maximum absolute atomic E-state index is 5.35. The molecule has 0 amide bonds. The molecular formula is C13H20OS. The molecule has 0 aliphatic heterocycles. The Morgan fingerprint density at radius 3 is 2.27 bits per heavy atom. The van der Waals surface area contributed by atoms with E-state index in [0.29, 0.717) is 6.61 Å². The summed E-state index contributed by atoms with van der Waals surface area (Å²) in [5, 5.41) is 0. The molecule has 2 heteroatoms. The van der Waals surface area contributed by atoms with E-state index in [-0.39, 0.29) is 4.75 Å². The van der Waals surface area contributed by atoms with Crippen LogP contribution in [0.4, 0.5) is 0 Å². The minimum atomic E-state index is -0.0237. The Labute approximate surface area is 98.3 Å². The number of thiol groups is 1. The van der Waals surface area contributed by atoms with Crippen molar-refractivity contribution in [1.82, 2.24) is 0 Å². The van der Waals surface area contributed by atoms with Gasteiger partial charge in [-0.05, 0) is 31.4 Å².